The molecule has 102 valence electrons. The van der Waals surface area contributed by atoms with Crippen LogP contribution in [0.25, 0.3) is 0 Å². The average Bonchev–Trinajstić information content (AvgIpc) is 2.27. The summed E-state index contributed by atoms with van der Waals surface area (Å²) in [7, 11) is 0. The number of aryl methyl sites for hydroxylation is 1. The molecule has 0 radical (unpaired) electrons. The van der Waals surface area contributed by atoms with Crippen molar-refractivity contribution in [1.82, 2.24) is 4.90 Å². The van der Waals surface area contributed by atoms with Crippen LogP contribution in [0.4, 0.5) is 10.5 Å². The number of amides is 2. The minimum atomic E-state index is -0.226. The lowest BCUT2D eigenvalue weighted by Crippen LogP contribution is -2.56. The predicted octanol–water partition coefficient (Wildman–Crippen LogP) is 3.94. The Balaban J connectivity index is 2.49. The number of hydrogen-bond donors (Lipinski definition) is 0. The largest absolute Gasteiger partial charge is 0.329 e. The van der Waals surface area contributed by atoms with Gasteiger partial charge >= 0.3 is 6.03 Å². The Morgan fingerprint density at radius 1 is 1.21 bits per heavy atom. The van der Waals surface area contributed by atoms with Crippen LogP contribution in [0.2, 0.25) is 0 Å². The highest BCUT2D eigenvalue weighted by Gasteiger charge is 2.37. The number of nitrogens with zero attached hydrogens (tertiary/aromatic N) is 2. The smallest absolute Gasteiger partial charge is 0.316 e. The predicted molar refractivity (Wildman–Crippen MR) is 79.3 cm³/mol. The molecule has 1 aliphatic rings. The molecule has 0 N–H and O–H groups in total. The van der Waals surface area contributed by atoms with Crippen LogP contribution in [0, 0.1) is 6.92 Å². The van der Waals surface area contributed by atoms with Crippen molar-refractivity contribution in [1.29, 1.82) is 0 Å². The van der Waals surface area contributed by atoms with Gasteiger partial charge in [-0.2, -0.15) is 0 Å². The SMILES string of the molecule is CCN1C(=O)N(c2cccc(C)c2)C(C)=CC1(C)C. The first-order chi connectivity index (χ1) is 8.86. The van der Waals surface area contributed by atoms with E-state index >= 15 is 0 Å². The monoisotopic (exact) mass is 258 g/mol. The summed E-state index contributed by atoms with van der Waals surface area (Å²) >= 11 is 0. The average molecular weight is 258 g/mol. The second-order valence-corrected chi connectivity index (χ2v) is 5.64. The van der Waals surface area contributed by atoms with Crippen LogP contribution in [-0.2, 0) is 0 Å². The highest BCUT2D eigenvalue weighted by molar-refractivity contribution is 5.97. The quantitative estimate of drug-likeness (QED) is 0.788. The van der Waals surface area contributed by atoms with Crippen molar-refractivity contribution < 1.29 is 4.79 Å². The number of carbonyl (C=O) groups excluding carboxylic acids is 1. The number of allylic oxidation sites excluding steroid dienone is 1. The van der Waals surface area contributed by atoms with E-state index in [0.717, 1.165) is 16.9 Å². The minimum absolute atomic E-state index is 0.0538. The molecular weight excluding hydrogens is 236 g/mol. The first-order valence-corrected chi connectivity index (χ1v) is 6.74. The second kappa shape index (κ2) is 4.72. The van der Waals surface area contributed by atoms with Gasteiger partial charge in [0.05, 0.1) is 11.2 Å². The zero-order valence-corrected chi connectivity index (χ0v) is 12.4. The summed E-state index contributed by atoms with van der Waals surface area (Å²) < 4.78 is 0. The van der Waals surface area contributed by atoms with Gasteiger partial charge in [-0.05, 0) is 58.4 Å². The van der Waals surface area contributed by atoms with Gasteiger partial charge in [-0.15, -0.1) is 0 Å². The molecule has 1 aromatic carbocycles. The van der Waals surface area contributed by atoms with Gasteiger partial charge in [0.25, 0.3) is 0 Å². The van der Waals surface area contributed by atoms with Crippen LogP contribution in [0.5, 0.6) is 0 Å². The molecule has 0 saturated heterocycles. The third-order valence-corrected chi connectivity index (χ3v) is 3.61. The van der Waals surface area contributed by atoms with Crippen molar-refractivity contribution in [3.8, 4) is 0 Å². The fourth-order valence-electron chi connectivity index (χ4n) is 2.80. The van der Waals surface area contributed by atoms with Gasteiger partial charge in [0, 0.05) is 12.2 Å². The maximum absolute atomic E-state index is 12.7. The van der Waals surface area contributed by atoms with Crippen molar-refractivity contribution in [3.05, 3.63) is 41.6 Å². The van der Waals surface area contributed by atoms with Gasteiger partial charge in [-0.1, -0.05) is 12.1 Å². The molecule has 1 aromatic rings. The normalized spacial score (nSPS) is 18.6. The van der Waals surface area contributed by atoms with Gasteiger partial charge in [-0.3, -0.25) is 4.90 Å². The Hall–Kier alpha value is -1.77. The van der Waals surface area contributed by atoms with Crippen molar-refractivity contribution in [2.75, 3.05) is 11.4 Å². The number of likely N-dealkylation sites (N-methyl/N-ethyl adjacent to an activating group) is 1. The Morgan fingerprint density at radius 3 is 2.47 bits per heavy atom. The van der Waals surface area contributed by atoms with Crippen LogP contribution in [0.15, 0.2) is 36.0 Å². The lowest BCUT2D eigenvalue weighted by molar-refractivity contribution is 0.165. The Morgan fingerprint density at radius 2 is 1.89 bits per heavy atom. The van der Waals surface area contributed by atoms with E-state index in [0.29, 0.717) is 6.54 Å². The summed E-state index contributed by atoms with van der Waals surface area (Å²) in [5.74, 6) is 0. The molecule has 1 aliphatic heterocycles. The second-order valence-electron chi connectivity index (χ2n) is 5.64. The van der Waals surface area contributed by atoms with E-state index in [2.05, 4.69) is 19.9 Å². The molecular formula is C16H22N2O. The summed E-state index contributed by atoms with van der Waals surface area (Å²) in [6, 6.07) is 8.10. The summed E-state index contributed by atoms with van der Waals surface area (Å²) in [5.41, 5.74) is 2.86. The summed E-state index contributed by atoms with van der Waals surface area (Å²) in [5, 5.41) is 0. The fourth-order valence-corrected chi connectivity index (χ4v) is 2.80. The van der Waals surface area contributed by atoms with E-state index < -0.39 is 0 Å². The van der Waals surface area contributed by atoms with E-state index in [1.54, 1.807) is 4.90 Å². The Bertz CT molecular complexity index is 531. The van der Waals surface area contributed by atoms with Gasteiger partial charge in [0.15, 0.2) is 0 Å². The molecule has 3 heteroatoms. The van der Waals surface area contributed by atoms with E-state index in [4.69, 9.17) is 0 Å². The minimum Gasteiger partial charge on any atom is -0.316 e. The maximum atomic E-state index is 12.7. The van der Waals surface area contributed by atoms with Crippen LogP contribution in [-0.4, -0.2) is 23.0 Å². The van der Waals surface area contributed by atoms with E-state index in [1.807, 2.05) is 49.9 Å². The Labute approximate surface area is 115 Å². The van der Waals surface area contributed by atoms with Crippen LogP contribution in [0.1, 0.15) is 33.3 Å². The number of rotatable bonds is 2. The lowest BCUT2D eigenvalue weighted by Gasteiger charge is -2.44. The lowest BCUT2D eigenvalue weighted by atomic mass is 9.98. The molecule has 0 atom stereocenters. The highest BCUT2D eigenvalue weighted by Crippen LogP contribution is 2.31. The molecule has 0 spiro atoms. The van der Waals surface area contributed by atoms with Crippen molar-refractivity contribution >= 4 is 11.7 Å². The zero-order valence-electron chi connectivity index (χ0n) is 12.4. The summed E-state index contributed by atoms with van der Waals surface area (Å²) in [6.45, 7) is 10.9. The zero-order chi connectivity index (χ0) is 14.2. The molecule has 3 nitrogen and oxygen atoms in total. The van der Waals surface area contributed by atoms with Gasteiger partial charge in [0.2, 0.25) is 0 Å². The molecule has 0 aromatic heterocycles. The molecule has 19 heavy (non-hydrogen) atoms. The van der Waals surface area contributed by atoms with Crippen molar-refractivity contribution in [3.63, 3.8) is 0 Å². The first kappa shape index (κ1) is 13.7. The number of urea groups is 1. The van der Waals surface area contributed by atoms with Crippen molar-refractivity contribution in [2.24, 2.45) is 0 Å². The number of anilines is 1. The number of benzene rings is 1. The molecule has 0 fully saturated rings. The third kappa shape index (κ3) is 2.37. The highest BCUT2D eigenvalue weighted by atomic mass is 16.2. The molecule has 0 unspecified atom stereocenters. The molecule has 1 heterocycles. The summed E-state index contributed by atoms with van der Waals surface area (Å²) in [4.78, 5) is 16.4. The summed E-state index contributed by atoms with van der Waals surface area (Å²) in [6.07, 6.45) is 2.15. The van der Waals surface area contributed by atoms with E-state index in [-0.39, 0.29) is 11.6 Å². The number of hydrogen-bond acceptors (Lipinski definition) is 1. The molecule has 2 amide bonds. The van der Waals surface area contributed by atoms with Crippen LogP contribution in [0.3, 0.4) is 0 Å². The maximum Gasteiger partial charge on any atom is 0.329 e. The first-order valence-electron chi connectivity index (χ1n) is 6.74. The Kier molecular flexibility index (Phi) is 3.40. The topological polar surface area (TPSA) is 23.6 Å². The molecule has 0 bridgehead atoms. The van der Waals surface area contributed by atoms with E-state index in [1.165, 1.54) is 0 Å². The number of carbonyl (C=O) groups is 1. The molecule has 0 saturated carbocycles. The van der Waals surface area contributed by atoms with Gasteiger partial charge < -0.3 is 4.90 Å². The molecule has 0 aliphatic carbocycles. The third-order valence-electron chi connectivity index (χ3n) is 3.61. The standard InChI is InChI=1S/C16H22N2O/c1-6-17-15(19)18(13(3)11-16(17,4)5)14-9-7-8-12(2)10-14/h7-11H,6H2,1-5H3. The van der Waals surface area contributed by atoms with Crippen molar-refractivity contribution in [2.45, 2.75) is 40.2 Å². The fraction of sp³-hybridized carbons (Fsp3) is 0.438. The van der Waals surface area contributed by atoms with Gasteiger partial charge in [0.1, 0.15) is 0 Å². The van der Waals surface area contributed by atoms with Gasteiger partial charge in [-0.25, -0.2) is 4.79 Å². The molecule has 2 rings (SSSR count). The van der Waals surface area contributed by atoms with E-state index in [9.17, 15) is 4.79 Å². The van der Waals surface area contributed by atoms with Crippen LogP contribution < -0.4 is 4.90 Å². The van der Waals surface area contributed by atoms with Crippen LogP contribution >= 0.6 is 0 Å².